The van der Waals surface area contributed by atoms with Gasteiger partial charge in [0.1, 0.15) is 5.82 Å². The molecule has 7 heteroatoms. The predicted molar refractivity (Wildman–Crippen MR) is 110 cm³/mol. The predicted octanol–water partition coefficient (Wildman–Crippen LogP) is 2.44. The van der Waals surface area contributed by atoms with E-state index in [9.17, 15) is 4.79 Å². The van der Waals surface area contributed by atoms with Crippen LogP contribution < -0.4 is 9.80 Å². The molecule has 0 aliphatic carbocycles. The number of piperidine rings is 1. The van der Waals surface area contributed by atoms with E-state index in [1.54, 1.807) is 6.20 Å². The van der Waals surface area contributed by atoms with Gasteiger partial charge in [0.15, 0.2) is 0 Å². The molecule has 1 amide bonds. The number of rotatable bonds is 3. The number of nitrogens with zero attached hydrogens (tertiary/aromatic N) is 6. The molecule has 0 unspecified atom stereocenters. The van der Waals surface area contributed by atoms with Crippen LogP contribution in [0.3, 0.4) is 0 Å². The van der Waals surface area contributed by atoms with E-state index in [0.717, 1.165) is 43.6 Å². The van der Waals surface area contributed by atoms with E-state index in [1.165, 1.54) is 24.8 Å². The maximum Gasteiger partial charge on any atom is 0.257 e. The van der Waals surface area contributed by atoms with Crippen LogP contribution in [0.5, 0.6) is 0 Å². The van der Waals surface area contributed by atoms with Crippen molar-refractivity contribution in [3.63, 3.8) is 0 Å². The Labute approximate surface area is 166 Å². The molecule has 4 rings (SSSR count). The summed E-state index contributed by atoms with van der Waals surface area (Å²) in [5, 5.41) is 0. The Balaban J connectivity index is 1.42. The summed E-state index contributed by atoms with van der Waals surface area (Å²) < 4.78 is 0. The number of piperazine rings is 1. The minimum absolute atomic E-state index is 0.0279. The molecule has 2 aromatic rings. The lowest BCUT2D eigenvalue weighted by molar-refractivity contribution is 0.0745. The largest absolute Gasteiger partial charge is 0.353 e. The fourth-order valence-corrected chi connectivity index (χ4v) is 4.01. The number of amides is 1. The quantitative estimate of drug-likeness (QED) is 0.815. The lowest BCUT2D eigenvalue weighted by Gasteiger charge is -2.36. The van der Waals surface area contributed by atoms with Crippen molar-refractivity contribution in [1.29, 1.82) is 0 Å². The van der Waals surface area contributed by atoms with Crippen LogP contribution in [-0.4, -0.2) is 65.0 Å². The van der Waals surface area contributed by atoms with Crippen LogP contribution in [0.1, 0.15) is 40.9 Å². The summed E-state index contributed by atoms with van der Waals surface area (Å²) in [4.78, 5) is 33.0. The summed E-state index contributed by atoms with van der Waals surface area (Å²) in [6.07, 6.45) is 7.18. The second-order valence-corrected chi connectivity index (χ2v) is 7.64. The number of anilines is 2. The maximum absolute atomic E-state index is 13.0. The Morgan fingerprint density at radius 1 is 0.929 bits per heavy atom. The molecule has 0 radical (unpaired) electrons. The molecule has 0 spiro atoms. The molecule has 2 saturated heterocycles. The van der Waals surface area contributed by atoms with Gasteiger partial charge in [-0.15, -0.1) is 0 Å². The normalized spacial score (nSPS) is 17.7. The summed E-state index contributed by atoms with van der Waals surface area (Å²) in [6, 6.07) is 4.03. The van der Waals surface area contributed by atoms with E-state index < -0.39 is 0 Å². The molecule has 28 heavy (non-hydrogen) atoms. The van der Waals surface area contributed by atoms with Crippen molar-refractivity contribution in [1.82, 2.24) is 19.9 Å². The van der Waals surface area contributed by atoms with E-state index >= 15 is 0 Å². The number of pyridine rings is 1. The van der Waals surface area contributed by atoms with Crippen molar-refractivity contribution in [2.45, 2.75) is 33.1 Å². The number of aromatic nitrogens is 3. The van der Waals surface area contributed by atoms with Gasteiger partial charge in [0.2, 0.25) is 5.95 Å². The van der Waals surface area contributed by atoms with E-state index in [-0.39, 0.29) is 5.91 Å². The molecule has 2 aliphatic heterocycles. The highest BCUT2D eigenvalue weighted by Gasteiger charge is 2.25. The van der Waals surface area contributed by atoms with Crippen molar-refractivity contribution in [2.24, 2.45) is 0 Å². The SMILES string of the molecule is Cc1cccnc1N1CCN(C(=O)c2cnc(N3CCCCC3)nc2C)CC1. The average Bonchev–Trinajstić information content (AvgIpc) is 2.74. The first-order valence-corrected chi connectivity index (χ1v) is 10.2. The molecule has 4 heterocycles. The summed E-state index contributed by atoms with van der Waals surface area (Å²) in [5.41, 5.74) is 2.55. The Bertz CT molecular complexity index is 841. The fourth-order valence-electron chi connectivity index (χ4n) is 4.01. The minimum Gasteiger partial charge on any atom is -0.353 e. The Hall–Kier alpha value is -2.70. The molecule has 148 valence electrons. The number of hydrogen-bond donors (Lipinski definition) is 0. The van der Waals surface area contributed by atoms with E-state index in [0.29, 0.717) is 18.7 Å². The summed E-state index contributed by atoms with van der Waals surface area (Å²) in [7, 11) is 0. The molecular formula is C21H28N6O. The van der Waals surface area contributed by atoms with Gasteiger partial charge in [-0.3, -0.25) is 4.79 Å². The fraction of sp³-hybridized carbons (Fsp3) is 0.524. The Kier molecular flexibility index (Phi) is 5.41. The zero-order chi connectivity index (χ0) is 19.5. The molecule has 0 bridgehead atoms. The van der Waals surface area contributed by atoms with Crippen LogP contribution in [0.2, 0.25) is 0 Å². The third kappa shape index (κ3) is 3.79. The maximum atomic E-state index is 13.0. The molecular weight excluding hydrogens is 352 g/mol. The van der Waals surface area contributed by atoms with Gasteiger partial charge in [0, 0.05) is 51.7 Å². The van der Waals surface area contributed by atoms with Crippen molar-refractivity contribution in [3.05, 3.63) is 41.3 Å². The van der Waals surface area contributed by atoms with Crippen molar-refractivity contribution in [2.75, 3.05) is 49.1 Å². The van der Waals surface area contributed by atoms with Gasteiger partial charge in [-0.25, -0.2) is 15.0 Å². The summed E-state index contributed by atoms with van der Waals surface area (Å²) in [5.74, 6) is 1.80. The zero-order valence-electron chi connectivity index (χ0n) is 16.8. The average molecular weight is 380 g/mol. The van der Waals surface area contributed by atoms with Crippen LogP contribution in [0, 0.1) is 13.8 Å². The van der Waals surface area contributed by atoms with Gasteiger partial charge in [-0.05, 0) is 44.7 Å². The van der Waals surface area contributed by atoms with Gasteiger partial charge in [-0.2, -0.15) is 0 Å². The standard InChI is InChI=1S/C21H28N6O/c1-16-7-6-8-22-19(16)25-11-13-26(14-12-25)20(28)18-15-23-21(24-17(18)2)27-9-4-3-5-10-27/h6-8,15H,3-5,9-14H2,1-2H3. The summed E-state index contributed by atoms with van der Waals surface area (Å²) >= 11 is 0. The molecule has 2 aromatic heterocycles. The molecule has 0 N–H and O–H groups in total. The molecule has 2 fully saturated rings. The van der Waals surface area contributed by atoms with E-state index in [1.807, 2.05) is 24.1 Å². The summed E-state index contributed by atoms with van der Waals surface area (Å²) in [6.45, 7) is 8.93. The molecule has 0 atom stereocenters. The zero-order valence-corrected chi connectivity index (χ0v) is 16.8. The van der Waals surface area contributed by atoms with Gasteiger partial charge in [0.25, 0.3) is 5.91 Å². The van der Waals surface area contributed by atoms with Crippen LogP contribution in [0.4, 0.5) is 11.8 Å². The van der Waals surface area contributed by atoms with Crippen LogP contribution in [-0.2, 0) is 0 Å². The minimum atomic E-state index is 0.0279. The van der Waals surface area contributed by atoms with Crippen LogP contribution in [0.25, 0.3) is 0 Å². The van der Waals surface area contributed by atoms with E-state index in [2.05, 4.69) is 37.7 Å². The monoisotopic (exact) mass is 380 g/mol. The number of carbonyl (C=O) groups is 1. The smallest absolute Gasteiger partial charge is 0.257 e. The van der Waals surface area contributed by atoms with Crippen LogP contribution >= 0.6 is 0 Å². The van der Waals surface area contributed by atoms with Gasteiger partial charge >= 0.3 is 0 Å². The first-order valence-electron chi connectivity index (χ1n) is 10.2. The van der Waals surface area contributed by atoms with Gasteiger partial charge in [0.05, 0.1) is 11.3 Å². The van der Waals surface area contributed by atoms with Crippen LogP contribution in [0.15, 0.2) is 24.5 Å². The Morgan fingerprint density at radius 3 is 2.36 bits per heavy atom. The highest BCUT2D eigenvalue weighted by molar-refractivity contribution is 5.95. The van der Waals surface area contributed by atoms with Crippen molar-refractivity contribution < 1.29 is 4.79 Å². The molecule has 7 nitrogen and oxygen atoms in total. The first-order chi connectivity index (χ1) is 13.6. The van der Waals surface area contributed by atoms with Crippen molar-refractivity contribution >= 4 is 17.7 Å². The van der Waals surface area contributed by atoms with Gasteiger partial charge < -0.3 is 14.7 Å². The molecule has 0 aromatic carbocycles. The third-order valence-corrected chi connectivity index (χ3v) is 5.68. The highest BCUT2D eigenvalue weighted by atomic mass is 16.2. The second kappa shape index (κ2) is 8.12. The highest BCUT2D eigenvalue weighted by Crippen LogP contribution is 2.20. The number of hydrogen-bond acceptors (Lipinski definition) is 6. The lowest BCUT2D eigenvalue weighted by atomic mass is 10.1. The van der Waals surface area contributed by atoms with Gasteiger partial charge in [-0.1, -0.05) is 6.07 Å². The van der Waals surface area contributed by atoms with E-state index in [4.69, 9.17) is 0 Å². The first kappa shape index (κ1) is 18.7. The number of aryl methyl sites for hydroxylation is 2. The topological polar surface area (TPSA) is 65.5 Å². The molecule has 2 aliphatic rings. The van der Waals surface area contributed by atoms with Crippen molar-refractivity contribution in [3.8, 4) is 0 Å². The lowest BCUT2D eigenvalue weighted by Crippen LogP contribution is -2.49. The second-order valence-electron chi connectivity index (χ2n) is 7.64. The molecule has 0 saturated carbocycles. The third-order valence-electron chi connectivity index (χ3n) is 5.68. The number of carbonyl (C=O) groups excluding carboxylic acids is 1. The Morgan fingerprint density at radius 2 is 1.68 bits per heavy atom.